The lowest BCUT2D eigenvalue weighted by Crippen LogP contribution is -2.54. The number of carbonyl (C=O) groups is 3. The van der Waals surface area contributed by atoms with Crippen LogP contribution in [-0.2, 0) is 19.1 Å². The highest BCUT2D eigenvalue weighted by Gasteiger charge is 2.42. The molecule has 7 nitrogen and oxygen atoms in total. The third-order valence-corrected chi connectivity index (χ3v) is 8.38. The number of carbonyl (C=O) groups excluding carboxylic acids is 2. The van der Waals surface area contributed by atoms with Gasteiger partial charge in [0.1, 0.15) is 6.04 Å². The van der Waals surface area contributed by atoms with Crippen LogP contribution in [0, 0.1) is 0 Å². The van der Waals surface area contributed by atoms with Crippen molar-refractivity contribution in [1.82, 2.24) is 5.32 Å². The quantitative estimate of drug-likeness (QED) is 0.0892. The maximum Gasteiger partial charge on any atom is 0.329 e. The van der Waals surface area contributed by atoms with Crippen LogP contribution in [-0.4, -0.2) is 57.3 Å². The Labute approximate surface area is 223 Å². The molecule has 1 amide bonds. The second-order valence-electron chi connectivity index (χ2n) is 9.80. The summed E-state index contributed by atoms with van der Waals surface area (Å²) in [5, 5.41) is 22.3. The number of ether oxygens (including phenoxy) is 1. The molecule has 0 aromatic carbocycles. The second kappa shape index (κ2) is 20.5. The van der Waals surface area contributed by atoms with Crippen molar-refractivity contribution in [3.8, 4) is 0 Å². The van der Waals surface area contributed by atoms with Gasteiger partial charge < -0.3 is 20.3 Å². The standard InChI is InChI=1S/C28H51NO6S/c1-6-8-9-10-11-12-13-14-15-16-17-20-24(23(31)19-18-21-25(32)33)36-28(4,7-2)26(27(34)35-5)29-22(3)30/h17,20,23-24,26,31H,6-16,18-19,21H2,1-5H3,(H,29,30)(H,32,33)/b20-17-. The fourth-order valence-corrected chi connectivity index (χ4v) is 5.69. The van der Waals surface area contributed by atoms with Gasteiger partial charge in [0.15, 0.2) is 0 Å². The number of nitrogens with one attached hydrogen (secondary N) is 1. The zero-order valence-corrected chi connectivity index (χ0v) is 24.0. The zero-order chi connectivity index (χ0) is 27.4. The van der Waals surface area contributed by atoms with E-state index >= 15 is 0 Å². The van der Waals surface area contributed by atoms with E-state index in [1.54, 1.807) is 0 Å². The highest BCUT2D eigenvalue weighted by Crippen LogP contribution is 2.39. The Bertz CT molecular complexity index is 656. The average molecular weight is 530 g/mol. The number of allylic oxidation sites excluding steroid dienone is 1. The van der Waals surface area contributed by atoms with E-state index in [0.29, 0.717) is 19.3 Å². The molecule has 0 rings (SSSR count). The molecule has 0 aliphatic carbocycles. The summed E-state index contributed by atoms with van der Waals surface area (Å²) in [7, 11) is 1.29. The van der Waals surface area contributed by atoms with Gasteiger partial charge in [-0.05, 0) is 39.0 Å². The summed E-state index contributed by atoms with van der Waals surface area (Å²) in [6.45, 7) is 7.42. The van der Waals surface area contributed by atoms with Gasteiger partial charge in [0.05, 0.1) is 13.2 Å². The lowest BCUT2D eigenvalue weighted by molar-refractivity contribution is -0.145. The number of carboxylic acid groups (broad SMARTS) is 1. The van der Waals surface area contributed by atoms with Crippen molar-refractivity contribution in [3.05, 3.63) is 12.2 Å². The van der Waals surface area contributed by atoms with Crippen LogP contribution in [0.4, 0.5) is 0 Å². The van der Waals surface area contributed by atoms with Gasteiger partial charge >= 0.3 is 11.9 Å². The minimum absolute atomic E-state index is 0.00166. The van der Waals surface area contributed by atoms with Crippen LogP contribution in [0.25, 0.3) is 0 Å². The molecule has 4 atom stereocenters. The van der Waals surface area contributed by atoms with E-state index in [2.05, 4.69) is 18.3 Å². The molecule has 0 bridgehead atoms. The van der Waals surface area contributed by atoms with Gasteiger partial charge in [-0.2, -0.15) is 0 Å². The first-order valence-corrected chi connectivity index (χ1v) is 14.6. The van der Waals surface area contributed by atoms with Crippen molar-refractivity contribution in [2.24, 2.45) is 0 Å². The molecule has 3 N–H and O–H groups in total. The summed E-state index contributed by atoms with van der Waals surface area (Å²) in [6, 6.07) is -0.866. The zero-order valence-electron chi connectivity index (χ0n) is 23.2. The van der Waals surface area contributed by atoms with E-state index in [1.165, 1.54) is 77.2 Å². The average Bonchev–Trinajstić information content (AvgIpc) is 2.84. The molecule has 0 aliphatic heterocycles. The van der Waals surface area contributed by atoms with Gasteiger partial charge in [0.2, 0.25) is 5.91 Å². The molecular weight excluding hydrogens is 478 g/mol. The smallest absolute Gasteiger partial charge is 0.329 e. The molecule has 0 fully saturated rings. The first-order valence-electron chi connectivity index (χ1n) is 13.7. The first-order chi connectivity index (χ1) is 17.1. The first kappa shape index (κ1) is 34.5. The van der Waals surface area contributed by atoms with Gasteiger partial charge in [-0.1, -0.05) is 77.4 Å². The Hall–Kier alpha value is -1.54. The van der Waals surface area contributed by atoms with Crippen molar-refractivity contribution in [2.45, 2.75) is 140 Å². The Morgan fingerprint density at radius 3 is 2.08 bits per heavy atom. The summed E-state index contributed by atoms with van der Waals surface area (Å²) in [5.74, 6) is -1.74. The number of hydrogen-bond donors (Lipinski definition) is 3. The topological polar surface area (TPSA) is 113 Å². The Morgan fingerprint density at radius 1 is 1.00 bits per heavy atom. The van der Waals surface area contributed by atoms with E-state index < -0.39 is 28.8 Å². The fourth-order valence-electron chi connectivity index (χ4n) is 4.12. The maximum absolute atomic E-state index is 12.5. The number of aliphatic carboxylic acids is 1. The highest BCUT2D eigenvalue weighted by atomic mass is 32.2. The molecule has 0 radical (unpaired) electrons. The Kier molecular flexibility index (Phi) is 19.6. The van der Waals surface area contributed by atoms with Gasteiger partial charge in [0.25, 0.3) is 0 Å². The third-order valence-electron chi connectivity index (χ3n) is 6.57. The van der Waals surface area contributed by atoms with Gasteiger partial charge in [-0.25, -0.2) is 4.79 Å². The van der Waals surface area contributed by atoms with E-state index in [4.69, 9.17) is 9.84 Å². The second-order valence-corrected chi connectivity index (χ2v) is 11.5. The molecule has 0 aromatic rings. The molecule has 36 heavy (non-hydrogen) atoms. The van der Waals surface area contributed by atoms with E-state index in [9.17, 15) is 19.5 Å². The summed E-state index contributed by atoms with van der Waals surface area (Å²) < 4.78 is 4.23. The number of thioether (sulfide) groups is 1. The van der Waals surface area contributed by atoms with E-state index in [-0.39, 0.29) is 17.6 Å². The number of amides is 1. The lowest BCUT2D eigenvalue weighted by atomic mass is 9.97. The van der Waals surface area contributed by atoms with Crippen LogP contribution in [0.15, 0.2) is 12.2 Å². The van der Waals surface area contributed by atoms with Crippen molar-refractivity contribution >= 4 is 29.6 Å². The van der Waals surface area contributed by atoms with Gasteiger partial charge in [-0.15, -0.1) is 11.8 Å². The predicted molar refractivity (Wildman–Crippen MR) is 148 cm³/mol. The van der Waals surface area contributed by atoms with Crippen LogP contribution >= 0.6 is 11.8 Å². The molecule has 0 saturated heterocycles. The van der Waals surface area contributed by atoms with Crippen LogP contribution in [0.5, 0.6) is 0 Å². The molecule has 0 saturated carbocycles. The van der Waals surface area contributed by atoms with Crippen molar-refractivity contribution in [1.29, 1.82) is 0 Å². The molecule has 210 valence electrons. The number of aliphatic hydroxyl groups excluding tert-OH is 1. The molecule has 0 aliphatic rings. The summed E-state index contributed by atoms with van der Waals surface area (Å²) in [6.07, 6.45) is 16.8. The SMILES string of the molecule is CCCCCCCCCCC/C=C\C(SC(C)(CC)C(NC(C)=O)C(=O)OC)C(O)CCCC(=O)O. The number of esters is 1. The number of rotatable bonds is 22. The molecule has 8 heteroatoms. The van der Waals surface area contributed by atoms with Crippen LogP contribution < -0.4 is 5.32 Å². The van der Waals surface area contributed by atoms with Crippen LogP contribution in [0.3, 0.4) is 0 Å². The van der Waals surface area contributed by atoms with Crippen molar-refractivity contribution < 1.29 is 29.3 Å². The summed E-state index contributed by atoms with van der Waals surface area (Å²) in [5.41, 5.74) is 0. The summed E-state index contributed by atoms with van der Waals surface area (Å²) in [4.78, 5) is 35.2. The van der Waals surface area contributed by atoms with Crippen LogP contribution in [0.2, 0.25) is 0 Å². The number of carboxylic acids is 1. The van der Waals surface area contributed by atoms with Crippen molar-refractivity contribution in [2.75, 3.05) is 7.11 Å². The largest absolute Gasteiger partial charge is 0.481 e. The molecule has 0 heterocycles. The maximum atomic E-state index is 12.5. The normalized spacial score (nSPS) is 15.7. The van der Waals surface area contributed by atoms with E-state index in [0.717, 1.165) is 12.8 Å². The molecule has 0 aromatic heterocycles. The molecular formula is C28H51NO6S. The number of aliphatic hydroxyl groups is 1. The molecule has 0 spiro atoms. The van der Waals surface area contributed by atoms with Crippen LogP contribution in [0.1, 0.15) is 118 Å². The lowest BCUT2D eigenvalue weighted by Gasteiger charge is -2.38. The molecule has 4 unspecified atom stereocenters. The fraction of sp³-hybridized carbons (Fsp3) is 0.821. The van der Waals surface area contributed by atoms with Gasteiger partial charge in [0, 0.05) is 23.3 Å². The number of hydrogen-bond acceptors (Lipinski definition) is 6. The summed E-state index contributed by atoms with van der Waals surface area (Å²) >= 11 is 1.43. The van der Waals surface area contributed by atoms with E-state index in [1.807, 2.05) is 19.9 Å². The Morgan fingerprint density at radius 2 is 1.58 bits per heavy atom. The van der Waals surface area contributed by atoms with Gasteiger partial charge in [-0.3, -0.25) is 9.59 Å². The minimum atomic E-state index is -0.887. The highest BCUT2D eigenvalue weighted by molar-refractivity contribution is 8.01. The third kappa shape index (κ3) is 15.5. The predicted octanol–water partition coefficient (Wildman–Crippen LogP) is 6.03. The number of methoxy groups -OCH3 is 1. The monoisotopic (exact) mass is 529 g/mol. The number of unbranched alkanes of at least 4 members (excludes halogenated alkanes) is 9. The Balaban J connectivity index is 5.15. The van der Waals surface area contributed by atoms with Crippen molar-refractivity contribution in [3.63, 3.8) is 0 Å². The minimum Gasteiger partial charge on any atom is -0.481 e.